The van der Waals surface area contributed by atoms with Crippen molar-refractivity contribution in [2.75, 3.05) is 0 Å². The summed E-state index contributed by atoms with van der Waals surface area (Å²) in [4.78, 5) is 4.88. The first-order valence-electron chi connectivity index (χ1n) is 9.73. The standard InChI is InChI=1S/C22H28BrN3O2Si/c1-14(2)27-18-12-15(23)11-17-16(18)13-24-26(17)20-10-8-9-19(25-20)22(6,7)28-29-21(3,4)5/h8-14H,1-7H3. The molecule has 0 amide bonds. The molecule has 0 atom stereocenters. The van der Waals surface area contributed by atoms with Gasteiger partial charge in [-0.15, -0.1) is 0 Å². The van der Waals surface area contributed by atoms with Gasteiger partial charge in [0.1, 0.15) is 5.75 Å². The van der Waals surface area contributed by atoms with E-state index in [2.05, 4.69) is 55.6 Å². The van der Waals surface area contributed by atoms with Crippen molar-refractivity contribution in [2.24, 2.45) is 0 Å². The van der Waals surface area contributed by atoms with E-state index in [0.717, 1.165) is 32.6 Å². The van der Waals surface area contributed by atoms with Crippen LogP contribution in [0.4, 0.5) is 0 Å². The van der Waals surface area contributed by atoms with E-state index in [-0.39, 0.29) is 11.1 Å². The van der Waals surface area contributed by atoms with E-state index in [0.29, 0.717) is 9.76 Å². The molecule has 0 N–H and O–H groups in total. The van der Waals surface area contributed by atoms with E-state index in [1.807, 2.05) is 55.1 Å². The summed E-state index contributed by atoms with van der Waals surface area (Å²) in [6.45, 7) is 14.7. The zero-order chi connectivity index (χ0) is 21.4. The van der Waals surface area contributed by atoms with Crippen LogP contribution < -0.4 is 4.74 Å². The van der Waals surface area contributed by atoms with Crippen LogP contribution in [0.1, 0.15) is 54.2 Å². The summed E-state index contributed by atoms with van der Waals surface area (Å²) in [5.74, 6) is 1.56. The molecule has 2 aromatic heterocycles. The van der Waals surface area contributed by atoms with Crippen LogP contribution in [0.15, 0.2) is 41.0 Å². The van der Waals surface area contributed by atoms with Crippen LogP contribution in [0.25, 0.3) is 16.7 Å². The molecule has 29 heavy (non-hydrogen) atoms. The first-order valence-corrected chi connectivity index (χ1v) is 11.4. The smallest absolute Gasteiger partial charge is 0.237 e. The van der Waals surface area contributed by atoms with Gasteiger partial charge < -0.3 is 9.16 Å². The number of rotatable bonds is 6. The number of hydrogen-bond acceptors (Lipinski definition) is 4. The summed E-state index contributed by atoms with van der Waals surface area (Å²) in [6, 6.07) is 9.97. The van der Waals surface area contributed by atoms with Crippen LogP contribution in [0.3, 0.4) is 0 Å². The molecule has 0 aliphatic carbocycles. The largest absolute Gasteiger partial charge is 0.490 e. The summed E-state index contributed by atoms with van der Waals surface area (Å²) in [5.41, 5.74) is 1.33. The zero-order valence-corrected chi connectivity index (χ0v) is 20.7. The van der Waals surface area contributed by atoms with Crippen molar-refractivity contribution in [1.29, 1.82) is 0 Å². The summed E-state index contributed by atoms with van der Waals surface area (Å²) in [5, 5.41) is 5.67. The number of ether oxygens (including phenoxy) is 1. The minimum absolute atomic E-state index is 0.0823. The first kappa shape index (κ1) is 22.0. The second-order valence-corrected chi connectivity index (χ2v) is 11.7. The number of hydrogen-bond donors (Lipinski definition) is 0. The van der Waals surface area contributed by atoms with Gasteiger partial charge in [0.25, 0.3) is 0 Å². The Morgan fingerprint density at radius 2 is 1.83 bits per heavy atom. The van der Waals surface area contributed by atoms with Gasteiger partial charge in [-0.05, 0) is 57.0 Å². The Hall–Kier alpha value is -1.70. The number of fused-ring (bicyclic) bond motifs is 1. The summed E-state index contributed by atoms with van der Waals surface area (Å²) >= 11 is 3.59. The Balaban J connectivity index is 2.01. The molecule has 1 aromatic carbocycles. The predicted octanol–water partition coefficient (Wildman–Crippen LogP) is 6.06. The topological polar surface area (TPSA) is 49.2 Å². The van der Waals surface area contributed by atoms with Gasteiger partial charge in [-0.2, -0.15) is 5.10 Å². The average Bonchev–Trinajstić information content (AvgIpc) is 3.03. The molecule has 0 bridgehead atoms. The molecule has 3 aromatic rings. The average molecular weight is 474 g/mol. The molecule has 3 rings (SSSR count). The molecule has 0 spiro atoms. The van der Waals surface area contributed by atoms with Gasteiger partial charge in [0.05, 0.1) is 34.5 Å². The fraction of sp³-hybridized carbons (Fsp3) is 0.455. The van der Waals surface area contributed by atoms with E-state index >= 15 is 0 Å². The second kappa shape index (κ2) is 8.20. The van der Waals surface area contributed by atoms with Gasteiger partial charge in [-0.3, -0.25) is 0 Å². The third kappa shape index (κ3) is 5.27. The Kier molecular flexibility index (Phi) is 6.22. The fourth-order valence-electron chi connectivity index (χ4n) is 2.81. The quantitative estimate of drug-likeness (QED) is 0.408. The van der Waals surface area contributed by atoms with E-state index in [9.17, 15) is 0 Å². The van der Waals surface area contributed by atoms with Crippen LogP contribution in [0.2, 0.25) is 5.04 Å². The van der Waals surface area contributed by atoms with Crippen molar-refractivity contribution in [3.05, 3.63) is 46.7 Å². The van der Waals surface area contributed by atoms with Crippen LogP contribution >= 0.6 is 15.9 Å². The zero-order valence-electron chi connectivity index (χ0n) is 18.1. The molecule has 2 radical (unpaired) electrons. The maximum atomic E-state index is 6.23. The van der Waals surface area contributed by atoms with Crippen molar-refractivity contribution >= 4 is 36.6 Å². The molecule has 0 aliphatic rings. The minimum atomic E-state index is -0.489. The van der Waals surface area contributed by atoms with Crippen molar-refractivity contribution in [3.8, 4) is 11.6 Å². The van der Waals surface area contributed by atoms with Crippen LogP contribution in [-0.2, 0) is 10.0 Å². The Bertz CT molecular complexity index is 1010. The third-order valence-corrected chi connectivity index (χ3v) is 5.84. The Morgan fingerprint density at radius 3 is 2.48 bits per heavy atom. The lowest BCUT2D eigenvalue weighted by Gasteiger charge is -2.29. The van der Waals surface area contributed by atoms with Gasteiger partial charge in [-0.1, -0.05) is 42.8 Å². The number of pyridine rings is 1. The van der Waals surface area contributed by atoms with E-state index < -0.39 is 5.60 Å². The predicted molar refractivity (Wildman–Crippen MR) is 122 cm³/mol. The summed E-state index contributed by atoms with van der Waals surface area (Å²) in [7, 11) is 0.381. The van der Waals surface area contributed by atoms with Gasteiger partial charge in [-0.25, -0.2) is 9.67 Å². The normalized spacial score (nSPS) is 12.7. The lowest BCUT2D eigenvalue weighted by molar-refractivity contribution is 0.104. The van der Waals surface area contributed by atoms with Gasteiger partial charge >= 0.3 is 0 Å². The lowest BCUT2D eigenvalue weighted by atomic mass is 10.1. The van der Waals surface area contributed by atoms with Gasteiger partial charge in [0, 0.05) is 4.47 Å². The fourth-order valence-corrected chi connectivity index (χ4v) is 3.90. The summed E-state index contributed by atoms with van der Waals surface area (Å²) in [6.07, 6.45) is 1.91. The minimum Gasteiger partial charge on any atom is -0.490 e. The molecule has 0 aliphatic heterocycles. The number of benzene rings is 1. The molecule has 0 saturated carbocycles. The van der Waals surface area contributed by atoms with Crippen LogP contribution in [0, 0.1) is 0 Å². The molecule has 5 nitrogen and oxygen atoms in total. The van der Waals surface area contributed by atoms with E-state index in [1.54, 1.807) is 0 Å². The highest BCUT2D eigenvalue weighted by Crippen LogP contribution is 2.33. The van der Waals surface area contributed by atoms with E-state index in [1.165, 1.54) is 0 Å². The van der Waals surface area contributed by atoms with Crippen molar-refractivity contribution in [2.45, 2.75) is 65.2 Å². The molecule has 0 saturated heterocycles. The highest BCUT2D eigenvalue weighted by Gasteiger charge is 2.27. The molecule has 2 heterocycles. The second-order valence-electron chi connectivity index (χ2n) is 8.91. The number of halogens is 1. The molecule has 154 valence electrons. The van der Waals surface area contributed by atoms with Crippen LogP contribution in [0.5, 0.6) is 5.75 Å². The SMILES string of the molecule is CC(C)Oc1cc(Br)cc2c1cnn2-c1cccc(C(C)(C)O[Si]C(C)(C)C)n1. The number of aromatic nitrogens is 3. The van der Waals surface area contributed by atoms with E-state index in [4.69, 9.17) is 14.1 Å². The molecular formula is C22H28BrN3O2Si. The van der Waals surface area contributed by atoms with Gasteiger partial charge in [0.2, 0.25) is 9.76 Å². The molecular weight excluding hydrogens is 446 g/mol. The maximum Gasteiger partial charge on any atom is 0.237 e. The van der Waals surface area contributed by atoms with Gasteiger partial charge in [0.15, 0.2) is 5.82 Å². The number of nitrogens with zero attached hydrogens (tertiary/aromatic N) is 3. The lowest BCUT2D eigenvalue weighted by Crippen LogP contribution is -2.28. The molecule has 0 fully saturated rings. The maximum absolute atomic E-state index is 6.23. The third-order valence-electron chi connectivity index (χ3n) is 4.16. The Labute approximate surface area is 183 Å². The summed E-state index contributed by atoms with van der Waals surface area (Å²) < 4.78 is 15.0. The molecule has 0 unspecified atom stereocenters. The van der Waals surface area contributed by atoms with Crippen LogP contribution in [-0.4, -0.2) is 30.6 Å². The monoisotopic (exact) mass is 473 g/mol. The highest BCUT2D eigenvalue weighted by molar-refractivity contribution is 9.10. The first-order chi connectivity index (χ1) is 13.5. The van der Waals surface area contributed by atoms with Crippen molar-refractivity contribution in [3.63, 3.8) is 0 Å². The van der Waals surface area contributed by atoms with Crippen molar-refractivity contribution < 1.29 is 9.16 Å². The highest BCUT2D eigenvalue weighted by atomic mass is 79.9. The Morgan fingerprint density at radius 1 is 1.10 bits per heavy atom. The van der Waals surface area contributed by atoms with Crippen molar-refractivity contribution in [1.82, 2.24) is 14.8 Å². The molecule has 7 heteroatoms.